The number of likely N-dealkylation sites (N-methyl/N-ethyl adjacent to an activating group) is 1. The first-order valence-corrected chi connectivity index (χ1v) is 12.9. The van der Waals surface area contributed by atoms with Gasteiger partial charge in [0.05, 0.1) is 15.6 Å². The van der Waals surface area contributed by atoms with Crippen LogP contribution in [0.2, 0.25) is 5.02 Å². The van der Waals surface area contributed by atoms with Crippen LogP contribution in [0.4, 0.5) is 5.69 Å². The highest BCUT2D eigenvalue weighted by Gasteiger charge is 2.32. The summed E-state index contributed by atoms with van der Waals surface area (Å²) >= 11 is 6.36. The van der Waals surface area contributed by atoms with Crippen LogP contribution in [0.1, 0.15) is 12.5 Å². The van der Waals surface area contributed by atoms with E-state index < -0.39 is 28.5 Å². The summed E-state index contributed by atoms with van der Waals surface area (Å²) in [7, 11) is -2.63. The first-order valence-electron chi connectivity index (χ1n) is 11.1. The predicted molar refractivity (Wildman–Crippen MR) is 138 cm³/mol. The number of nitrogens with zero attached hydrogens (tertiary/aromatic N) is 2. The molecule has 3 aromatic rings. The molecule has 184 valence electrons. The Hall–Kier alpha value is -3.36. The maximum absolute atomic E-state index is 13.6. The number of carbonyl (C=O) groups excluding carboxylic acids is 2. The van der Waals surface area contributed by atoms with Gasteiger partial charge in [-0.3, -0.25) is 13.9 Å². The Balaban J connectivity index is 1.97. The Kier molecular flexibility index (Phi) is 8.89. The van der Waals surface area contributed by atoms with E-state index in [9.17, 15) is 18.0 Å². The van der Waals surface area contributed by atoms with E-state index in [1.165, 1.54) is 24.1 Å². The number of carbonyl (C=O) groups is 2. The lowest BCUT2D eigenvalue weighted by molar-refractivity contribution is -0.138. The maximum atomic E-state index is 13.6. The molecular formula is C26H28ClN3O4S. The van der Waals surface area contributed by atoms with Crippen LogP contribution in [-0.2, 0) is 26.0 Å². The van der Waals surface area contributed by atoms with Crippen molar-refractivity contribution < 1.29 is 18.0 Å². The fourth-order valence-electron chi connectivity index (χ4n) is 3.67. The van der Waals surface area contributed by atoms with Crippen LogP contribution in [-0.4, -0.2) is 51.3 Å². The Morgan fingerprint density at radius 1 is 0.914 bits per heavy atom. The van der Waals surface area contributed by atoms with Gasteiger partial charge in [-0.1, -0.05) is 72.3 Å². The van der Waals surface area contributed by atoms with Crippen molar-refractivity contribution >= 4 is 39.1 Å². The van der Waals surface area contributed by atoms with E-state index in [4.69, 9.17) is 11.6 Å². The van der Waals surface area contributed by atoms with Gasteiger partial charge in [0.2, 0.25) is 11.8 Å². The molecule has 7 nitrogen and oxygen atoms in total. The topological polar surface area (TPSA) is 86.8 Å². The van der Waals surface area contributed by atoms with Crippen molar-refractivity contribution in [3.8, 4) is 0 Å². The van der Waals surface area contributed by atoms with Crippen LogP contribution >= 0.6 is 11.6 Å². The molecule has 35 heavy (non-hydrogen) atoms. The molecule has 9 heteroatoms. The number of benzene rings is 3. The average molecular weight is 514 g/mol. The Morgan fingerprint density at radius 2 is 1.49 bits per heavy atom. The van der Waals surface area contributed by atoms with Gasteiger partial charge in [0.15, 0.2) is 0 Å². The normalized spacial score (nSPS) is 12.0. The van der Waals surface area contributed by atoms with E-state index in [0.717, 1.165) is 9.87 Å². The van der Waals surface area contributed by atoms with Crippen LogP contribution in [0.5, 0.6) is 0 Å². The van der Waals surface area contributed by atoms with Gasteiger partial charge in [-0.15, -0.1) is 0 Å². The molecule has 0 unspecified atom stereocenters. The number of sulfonamides is 1. The van der Waals surface area contributed by atoms with Gasteiger partial charge in [0.25, 0.3) is 10.0 Å². The van der Waals surface area contributed by atoms with Crippen molar-refractivity contribution in [1.82, 2.24) is 10.2 Å². The minimum atomic E-state index is -4.12. The van der Waals surface area contributed by atoms with E-state index in [2.05, 4.69) is 5.32 Å². The molecule has 0 spiro atoms. The second-order valence-electron chi connectivity index (χ2n) is 7.89. The van der Waals surface area contributed by atoms with Gasteiger partial charge in [-0.25, -0.2) is 8.42 Å². The maximum Gasteiger partial charge on any atom is 0.264 e. The smallest absolute Gasteiger partial charge is 0.264 e. The molecule has 3 rings (SSSR count). The number of amides is 2. The second-order valence-corrected chi connectivity index (χ2v) is 10.2. The summed E-state index contributed by atoms with van der Waals surface area (Å²) in [6.45, 7) is 1.34. The summed E-state index contributed by atoms with van der Waals surface area (Å²) in [5.41, 5.74) is 1.18. The monoisotopic (exact) mass is 513 g/mol. The minimum Gasteiger partial charge on any atom is -0.357 e. The predicted octanol–water partition coefficient (Wildman–Crippen LogP) is 3.74. The van der Waals surface area contributed by atoms with Gasteiger partial charge in [-0.2, -0.15) is 0 Å². The van der Waals surface area contributed by atoms with Gasteiger partial charge in [0.1, 0.15) is 12.6 Å². The number of halogens is 1. The zero-order valence-corrected chi connectivity index (χ0v) is 21.2. The highest BCUT2D eigenvalue weighted by molar-refractivity contribution is 7.92. The summed E-state index contributed by atoms with van der Waals surface area (Å²) in [6, 6.07) is 23.1. The quantitative estimate of drug-likeness (QED) is 0.447. The lowest BCUT2D eigenvalue weighted by Crippen LogP contribution is -2.51. The fourth-order valence-corrected chi connectivity index (χ4v) is 5.41. The number of rotatable bonds is 10. The summed E-state index contributed by atoms with van der Waals surface area (Å²) in [6.07, 6.45) is 0.505. The molecule has 0 bridgehead atoms. The van der Waals surface area contributed by atoms with E-state index in [1.54, 1.807) is 49.4 Å². The van der Waals surface area contributed by atoms with Crippen LogP contribution in [0, 0.1) is 0 Å². The SMILES string of the molecule is CNC(=O)[C@H](C)N(CCc1ccccc1)C(=O)CN(c1ccccc1Cl)S(=O)(=O)c1ccccc1. The molecule has 0 aliphatic carbocycles. The largest absolute Gasteiger partial charge is 0.357 e. The van der Waals surface area contributed by atoms with Crippen molar-refractivity contribution in [2.45, 2.75) is 24.3 Å². The molecule has 2 amide bonds. The third-order valence-electron chi connectivity index (χ3n) is 5.63. The third kappa shape index (κ3) is 6.41. The first-order chi connectivity index (χ1) is 16.8. The molecule has 0 heterocycles. The second kappa shape index (κ2) is 11.9. The zero-order valence-electron chi connectivity index (χ0n) is 19.6. The molecule has 0 aliphatic heterocycles. The number of hydrogen-bond donors (Lipinski definition) is 1. The van der Waals surface area contributed by atoms with Gasteiger partial charge in [0, 0.05) is 13.6 Å². The highest BCUT2D eigenvalue weighted by Crippen LogP contribution is 2.30. The molecule has 0 fully saturated rings. The summed E-state index contributed by atoms with van der Waals surface area (Å²) < 4.78 is 28.2. The molecule has 3 aromatic carbocycles. The van der Waals surface area contributed by atoms with Crippen molar-refractivity contribution in [3.63, 3.8) is 0 Å². The number of nitrogens with one attached hydrogen (secondary N) is 1. The Labute approximate surface area is 211 Å². The standard InChI is InChI=1S/C26H28ClN3O4S/c1-20(26(32)28-2)29(18-17-21-11-5-3-6-12-21)25(31)19-30(24-16-10-9-15-23(24)27)35(33,34)22-13-7-4-8-14-22/h3-16,20H,17-19H2,1-2H3,(H,28,32)/t20-/m0/s1. The Bertz CT molecular complexity index is 1250. The summed E-state index contributed by atoms with van der Waals surface area (Å²) in [5, 5.41) is 2.75. The van der Waals surface area contributed by atoms with Crippen molar-refractivity contribution in [1.29, 1.82) is 0 Å². The fraction of sp³-hybridized carbons (Fsp3) is 0.231. The first kappa shape index (κ1) is 26.2. The molecule has 0 radical (unpaired) electrons. The van der Waals surface area contributed by atoms with Crippen LogP contribution in [0.15, 0.2) is 89.8 Å². The van der Waals surface area contributed by atoms with Crippen molar-refractivity contribution in [2.75, 3.05) is 24.4 Å². The number of hydrogen-bond acceptors (Lipinski definition) is 4. The number of para-hydroxylation sites is 1. The summed E-state index contributed by atoms with van der Waals surface area (Å²) in [4.78, 5) is 27.5. The minimum absolute atomic E-state index is 0.0305. The molecular weight excluding hydrogens is 486 g/mol. The molecule has 0 saturated carbocycles. The van der Waals surface area contributed by atoms with Gasteiger partial charge >= 0.3 is 0 Å². The van der Waals surface area contributed by atoms with E-state index in [0.29, 0.717) is 6.42 Å². The zero-order chi connectivity index (χ0) is 25.4. The average Bonchev–Trinajstić information content (AvgIpc) is 2.88. The number of anilines is 1. The molecule has 0 aliphatic rings. The van der Waals surface area contributed by atoms with E-state index >= 15 is 0 Å². The van der Waals surface area contributed by atoms with Crippen LogP contribution in [0.3, 0.4) is 0 Å². The molecule has 1 N–H and O–H groups in total. The third-order valence-corrected chi connectivity index (χ3v) is 7.72. The Morgan fingerprint density at radius 3 is 2.09 bits per heavy atom. The van der Waals surface area contributed by atoms with Crippen molar-refractivity contribution in [3.05, 3.63) is 95.5 Å². The lowest BCUT2D eigenvalue weighted by Gasteiger charge is -2.32. The van der Waals surface area contributed by atoms with Crippen LogP contribution < -0.4 is 9.62 Å². The molecule has 0 saturated heterocycles. The van der Waals surface area contributed by atoms with E-state index in [-0.39, 0.29) is 28.1 Å². The van der Waals surface area contributed by atoms with E-state index in [1.807, 2.05) is 30.3 Å². The lowest BCUT2D eigenvalue weighted by atomic mass is 10.1. The molecule has 0 aromatic heterocycles. The van der Waals surface area contributed by atoms with Gasteiger partial charge < -0.3 is 10.2 Å². The summed E-state index contributed by atoms with van der Waals surface area (Å²) in [5.74, 6) is -0.863. The highest BCUT2D eigenvalue weighted by atomic mass is 35.5. The molecule has 1 atom stereocenters. The van der Waals surface area contributed by atoms with Gasteiger partial charge in [-0.05, 0) is 43.2 Å². The van der Waals surface area contributed by atoms with Crippen molar-refractivity contribution in [2.24, 2.45) is 0 Å². The van der Waals surface area contributed by atoms with Crippen LogP contribution in [0.25, 0.3) is 0 Å².